The largest absolute Gasteiger partial charge is 0.417 e. The van der Waals surface area contributed by atoms with Crippen LogP contribution in [0.15, 0.2) is 17.1 Å². The van der Waals surface area contributed by atoms with Gasteiger partial charge in [-0.2, -0.15) is 0 Å². The van der Waals surface area contributed by atoms with Gasteiger partial charge in [-0.1, -0.05) is 26.8 Å². The van der Waals surface area contributed by atoms with Crippen molar-refractivity contribution in [3.63, 3.8) is 0 Å². The van der Waals surface area contributed by atoms with Crippen LogP contribution in [0, 0.1) is 0 Å². The highest BCUT2D eigenvalue weighted by Gasteiger charge is 2.36. The molecular weight excluding hydrogens is 276 g/mol. The van der Waals surface area contributed by atoms with Crippen molar-refractivity contribution in [1.82, 2.24) is 5.32 Å². The Bertz CT molecular complexity index is 332. The number of nitrogens with one attached hydrogen (secondary N) is 1. The van der Waals surface area contributed by atoms with Gasteiger partial charge in [-0.15, -0.1) is 0 Å². The lowest BCUT2D eigenvalue weighted by molar-refractivity contribution is 0.277. The number of aliphatic imine (C=N–C) groups is 1. The molecule has 3 nitrogen and oxygen atoms in total. The van der Waals surface area contributed by atoms with Crippen LogP contribution >= 0.6 is 0 Å². The average Bonchev–Trinajstić information content (AvgIpc) is 2.36. The number of rotatable bonds is 9. The van der Waals surface area contributed by atoms with Crippen LogP contribution in [0.25, 0.3) is 0 Å². The van der Waals surface area contributed by atoms with E-state index in [1.54, 1.807) is 0 Å². The van der Waals surface area contributed by atoms with Gasteiger partial charge in [0.25, 0.3) is 0 Å². The second-order valence-electron chi connectivity index (χ2n) is 7.27. The van der Waals surface area contributed by atoms with Gasteiger partial charge >= 0.3 is 0 Å². The standard InChI is InChI=1S/C17H36N2OSi/c1-9-10-12-18-15(2)16(3)19-13-11-14-20-21(7,8)17(4,5)6/h9-10,12,15-16,19H,11,13-14H2,1-8H3/b10-9-,18-12?/t15-,16?/m0/s1. The molecule has 4 heteroatoms. The molecular formula is C17H36N2OSi. The maximum Gasteiger partial charge on any atom is 0.191 e. The van der Waals surface area contributed by atoms with E-state index in [4.69, 9.17) is 4.43 Å². The van der Waals surface area contributed by atoms with Gasteiger partial charge in [0.05, 0.1) is 6.04 Å². The van der Waals surface area contributed by atoms with Gasteiger partial charge in [0.1, 0.15) is 0 Å². The van der Waals surface area contributed by atoms with E-state index in [-0.39, 0.29) is 0 Å². The van der Waals surface area contributed by atoms with Gasteiger partial charge < -0.3 is 9.74 Å². The molecule has 0 saturated heterocycles. The summed E-state index contributed by atoms with van der Waals surface area (Å²) in [6.07, 6.45) is 6.90. The number of hydrogen-bond acceptors (Lipinski definition) is 3. The van der Waals surface area contributed by atoms with Crippen LogP contribution in [-0.2, 0) is 4.43 Å². The Kier molecular flexibility index (Phi) is 9.34. The van der Waals surface area contributed by atoms with Crippen LogP contribution in [-0.4, -0.2) is 39.8 Å². The third-order valence-electron chi connectivity index (χ3n) is 4.38. The summed E-state index contributed by atoms with van der Waals surface area (Å²) in [4.78, 5) is 4.49. The van der Waals surface area contributed by atoms with Crippen LogP contribution < -0.4 is 5.32 Å². The van der Waals surface area contributed by atoms with Gasteiger partial charge in [0.15, 0.2) is 8.32 Å². The Morgan fingerprint density at radius 2 is 1.86 bits per heavy atom. The van der Waals surface area contributed by atoms with E-state index in [0.717, 1.165) is 19.6 Å². The molecule has 124 valence electrons. The van der Waals surface area contributed by atoms with Crippen molar-refractivity contribution in [2.45, 2.75) is 78.2 Å². The maximum atomic E-state index is 6.18. The maximum absolute atomic E-state index is 6.18. The molecule has 1 N–H and O–H groups in total. The first-order valence-electron chi connectivity index (χ1n) is 8.13. The molecule has 0 rings (SSSR count). The van der Waals surface area contributed by atoms with Crippen molar-refractivity contribution in [2.24, 2.45) is 4.99 Å². The van der Waals surface area contributed by atoms with Gasteiger partial charge in [0, 0.05) is 18.9 Å². The molecule has 0 aromatic carbocycles. The van der Waals surface area contributed by atoms with Crippen molar-refractivity contribution in [3.05, 3.63) is 12.2 Å². The molecule has 0 aliphatic carbocycles. The first kappa shape index (κ1) is 20.5. The van der Waals surface area contributed by atoms with Crippen molar-refractivity contribution in [1.29, 1.82) is 0 Å². The van der Waals surface area contributed by atoms with E-state index in [0.29, 0.717) is 17.1 Å². The van der Waals surface area contributed by atoms with E-state index in [2.05, 4.69) is 58.0 Å². The molecule has 0 fully saturated rings. The topological polar surface area (TPSA) is 33.6 Å². The summed E-state index contributed by atoms with van der Waals surface area (Å²) >= 11 is 0. The monoisotopic (exact) mass is 312 g/mol. The normalized spacial score (nSPS) is 16.8. The molecule has 0 saturated carbocycles. The van der Waals surface area contributed by atoms with E-state index in [9.17, 15) is 0 Å². The molecule has 0 amide bonds. The molecule has 0 radical (unpaired) electrons. The summed E-state index contributed by atoms with van der Waals surface area (Å²) in [5.41, 5.74) is 0. The summed E-state index contributed by atoms with van der Waals surface area (Å²) in [5.74, 6) is 0. The van der Waals surface area contributed by atoms with E-state index < -0.39 is 8.32 Å². The number of hydrogen-bond donors (Lipinski definition) is 1. The minimum atomic E-state index is -1.58. The van der Waals surface area contributed by atoms with E-state index in [1.165, 1.54) is 0 Å². The Labute approximate surface area is 133 Å². The predicted molar refractivity (Wildman–Crippen MR) is 98.0 cm³/mol. The van der Waals surface area contributed by atoms with Crippen LogP contribution in [0.4, 0.5) is 0 Å². The van der Waals surface area contributed by atoms with Gasteiger partial charge in [0.2, 0.25) is 0 Å². The summed E-state index contributed by atoms with van der Waals surface area (Å²) < 4.78 is 6.18. The van der Waals surface area contributed by atoms with Crippen molar-refractivity contribution in [3.8, 4) is 0 Å². The second-order valence-corrected chi connectivity index (χ2v) is 12.1. The molecule has 0 aliphatic heterocycles. The molecule has 1 unspecified atom stereocenters. The quantitative estimate of drug-likeness (QED) is 0.388. The van der Waals surface area contributed by atoms with Crippen molar-refractivity contribution < 1.29 is 4.43 Å². The molecule has 0 heterocycles. The van der Waals surface area contributed by atoms with Crippen LogP contribution in [0.2, 0.25) is 18.1 Å². The zero-order chi connectivity index (χ0) is 16.5. The second kappa shape index (κ2) is 9.54. The zero-order valence-electron chi connectivity index (χ0n) is 15.4. The van der Waals surface area contributed by atoms with E-state index >= 15 is 0 Å². The Hall–Kier alpha value is -0.453. The molecule has 2 atom stereocenters. The fourth-order valence-electron chi connectivity index (χ4n) is 1.52. The summed E-state index contributed by atoms with van der Waals surface area (Å²) in [6.45, 7) is 19.6. The van der Waals surface area contributed by atoms with Crippen LogP contribution in [0.3, 0.4) is 0 Å². The highest BCUT2D eigenvalue weighted by Crippen LogP contribution is 2.36. The molecule has 0 spiro atoms. The smallest absolute Gasteiger partial charge is 0.191 e. The fraction of sp³-hybridized carbons (Fsp3) is 0.824. The summed E-state index contributed by atoms with van der Waals surface area (Å²) in [6, 6.07) is 0.682. The molecule has 0 aromatic heterocycles. The fourth-order valence-corrected chi connectivity index (χ4v) is 2.60. The average molecular weight is 313 g/mol. The third kappa shape index (κ3) is 8.54. The van der Waals surface area contributed by atoms with Crippen molar-refractivity contribution >= 4 is 14.5 Å². The minimum Gasteiger partial charge on any atom is -0.417 e. The van der Waals surface area contributed by atoms with Crippen LogP contribution in [0.5, 0.6) is 0 Å². The SMILES string of the molecule is C/C=C\C=N[C@@H](C)C(C)NCCCO[Si](C)(C)C(C)(C)C. The summed E-state index contributed by atoms with van der Waals surface area (Å²) in [5, 5.41) is 3.83. The molecule has 0 aromatic rings. The number of nitrogens with zero attached hydrogens (tertiary/aromatic N) is 1. The van der Waals surface area contributed by atoms with Gasteiger partial charge in [-0.25, -0.2) is 0 Å². The summed E-state index contributed by atoms with van der Waals surface area (Å²) in [7, 11) is -1.58. The van der Waals surface area contributed by atoms with Crippen LogP contribution in [0.1, 0.15) is 48.0 Å². The van der Waals surface area contributed by atoms with Gasteiger partial charge in [-0.05, 0) is 57.9 Å². The van der Waals surface area contributed by atoms with Gasteiger partial charge in [-0.3, -0.25) is 4.99 Å². The van der Waals surface area contributed by atoms with Crippen molar-refractivity contribution in [2.75, 3.05) is 13.2 Å². The highest BCUT2D eigenvalue weighted by molar-refractivity contribution is 6.74. The molecule has 21 heavy (non-hydrogen) atoms. The first-order valence-corrected chi connectivity index (χ1v) is 11.0. The molecule has 0 bridgehead atoms. The lowest BCUT2D eigenvalue weighted by Gasteiger charge is -2.36. The lowest BCUT2D eigenvalue weighted by atomic mass is 10.2. The highest BCUT2D eigenvalue weighted by atomic mass is 28.4. The Balaban J connectivity index is 3.91. The van der Waals surface area contributed by atoms with E-state index in [1.807, 2.05) is 25.3 Å². The third-order valence-corrected chi connectivity index (χ3v) is 8.92. The zero-order valence-corrected chi connectivity index (χ0v) is 16.4. The Morgan fingerprint density at radius 3 is 2.38 bits per heavy atom. The predicted octanol–water partition coefficient (Wildman–Crippen LogP) is 4.41. The molecule has 0 aliphatic rings. The lowest BCUT2D eigenvalue weighted by Crippen LogP contribution is -2.41. The first-order chi connectivity index (χ1) is 9.62. The minimum absolute atomic E-state index is 0.294. The Morgan fingerprint density at radius 1 is 1.24 bits per heavy atom. The number of allylic oxidation sites excluding steroid dienone is 2.